The van der Waals surface area contributed by atoms with Crippen molar-refractivity contribution in [1.29, 1.82) is 0 Å². The van der Waals surface area contributed by atoms with Crippen LogP contribution in [0, 0.1) is 5.92 Å². The number of ether oxygens (including phenoxy) is 2. The minimum absolute atomic E-state index is 0.104. The van der Waals surface area contributed by atoms with E-state index in [0.717, 1.165) is 22.5 Å². The number of benzene rings is 2. The molecule has 1 fully saturated rings. The third-order valence-electron chi connectivity index (χ3n) is 5.09. The lowest BCUT2D eigenvalue weighted by molar-refractivity contribution is -0.140. The van der Waals surface area contributed by atoms with Gasteiger partial charge in [0.15, 0.2) is 0 Å². The molecule has 0 atom stereocenters. The smallest absolute Gasteiger partial charge is 0.417 e. The molecule has 0 N–H and O–H groups in total. The van der Waals surface area contributed by atoms with Crippen molar-refractivity contribution in [3.63, 3.8) is 0 Å². The van der Waals surface area contributed by atoms with Gasteiger partial charge in [-0.1, -0.05) is 12.1 Å². The molecule has 3 rings (SSSR count). The van der Waals surface area contributed by atoms with E-state index in [4.69, 9.17) is 4.74 Å². The lowest BCUT2D eigenvalue weighted by Crippen LogP contribution is -2.41. The third-order valence-corrected chi connectivity index (χ3v) is 7.05. The summed E-state index contributed by atoms with van der Waals surface area (Å²) in [5, 5.41) is 0. The predicted molar refractivity (Wildman–Crippen MR) is 106 cm³/mol. The Morgan fingerprint density at radius 3 is 2.16 bits per heavy atom. The van der Waals surface area contributed by atoms with E-state index in [2.05, 4.69) is 4.74 Å². The standard InChI is InChI=1S/C21H20F3NO6S/c1-30-19(26)14-6-8-16(9-7-14)31-20(27)15-10-12-25(13-11-15)32(28,29)18-5-3-2-4-17(18)21(22,23)24/h2-9,15H,10-13H2,1H3. The number of hydrogen-bond acceptors (Lipinski definition) is 6. The van der Waals surface area contributed by atoms with Crippen molar-refractivity contribution in [2.24, 2.45) is 5.92 Å². The molecule has 0 spiro atoms. The number of hydrogen-bond donors (Lipinski definition) is 0. The highest BCUT2D eigenvalue weighted by Crippen LogP contribution is 2.36. The summed E-state index contributed by atoms with van der Waals surface area (Å²) in [5.41, 5.74) is -0.943. The number of carbonyl (C=O) groups excluding carboxylic acids is 2. The molecule has 0 amide bonds. The van der Waals surface area contributed by atoms with Gasteiger partial charge in [0.1, 0.15) is 5.75 Å². The SMILES string of the molecule is COC(=O)c1ccc(OC(=O)C2CCN(S(=O)(=O)c3ccccc3C(F)(F)F)CC2)cc1. The Balaban J connectivity index is 1.65. The van der Waals surface area contributed by atoms with Crippen LogP contribution in [-0.2, 0) is 25.7 Å². The molecule has 7 nitrogen and oxygen atoms in total. The van der Waals surface area contributed by atoms with E-state index in [0.29, 0.717) is 0 Å². The van der Waals surface area contributed by atoms with Crippen LogP contribution >= 0.6 is 0 Å². The van der Waals surface area contributed by atoms with Gasteiger partial charge in [-0.3, -0.25) is 4.79 Å². The first-order valence-corrected chi connectivity index (χ1v) is 11.0. The Hall–Kier alpha value is -2.92. The fraction of sp³-hybridized carbons (Fsp3) is 0.333. The molecule has 0 bridgehead atoms. The van der Waals surface area contributed by atoms with Crippen molar-refractivity contribution in [3.05, 3.63) is 59.7 Å². The van der Waals surface area contributed by atoms with E-state index in [9.17, 15) is 31.2 Å². The Morgan fingerprint density at radius 1 is 1.00 bits per heavy atom. The van der Waals surface area contributed by atoms with Gasteiger partial charge in [0.05, 0.1) is 29.1 Å². The fourth-order valence-corrected chi connectivity index (χ4v) is 5.06. The molecule has 0 aromatic heterocycles. The molecule has 1 aliphatic heterocycles. The summed E-state index contributed by atoms with van der Waals surface area (Å²) < 4.78 is 76.2. The molecule has 1 saturated heterocycles. The zero-order valence-electron chi connectivity index (χ0n) is 17.0. The summed E-state index contributed by atoms with van der Waals surface area (Å²) in [6.45, 7) is -0.231. The normalized spacial score (nSPS) is 15.9. The molecule has 2 aromatic rings. The van der Waals surface area contributed by atoms with E-state index >= 15 is 0 Å². The zero-order chi connectivity index (χ0) is 23.5. The van der Waals surface area contributed by atoms with Crippen molar-refractivity contribution >= 4 is 22.0 Å². The van der Waals surface area contributed by atoms with Crippen LogP contribution in [0.4, 0.5) is 13.2 Å². The quantitative estimate of drug-likeness (QED) is 0.490. The number of carbonyl (C=O) groups is 2. The van der Waals surface area contributed by atoms with Crippen molar-refractivity contribution in [2.75, 3.05) is 20.2 Å². The van der Waals surface area contributed by atoms with E-state index in [1.54, 1.807) is 0 Å². The van der Waals surface area contributed by atoms with Gasteiger partial charge in [-0.15, -0.1) is 0 Å². The molecule has 1 heterocycles. The monoisotopic (exact) mass is 471 g/mol. The van der Waals surface area contributed by atoms with Gasteiger partial charge in [-0.25, -0.2) is 13.2 Å². The molecule has 1 aliphatic rings. The molecular weight excluding hydrogens is 451 g/mol. The van der Waals surface area contributed by atoms with Crippen molar-refractivity contribution in [1.82, 2.24) is 4.31 Å². The minimum Gasteiger partial charge on any atom is -0.465 e. The van der Waals surface area contributed by atoms with Crippen LogP contribution in [0.3, 0.4) is 0 Å². The second-order valence-corrected chi connectivity index (χ2v) is 9.02. The highest BCUT2D eigenvalue weighted by molar-refractivity contribution is 7.89. The van der Waals surface area contributed by atoms with Crippen LogP contribution in [0.2, 0.25) is 0 Å². The number of sulfonamides is 1. The van der Waals surface area contributed by atoms with Gasteiger partial charge in [-0.2, -0.15) is 17.5 Å². The van der Waals surface area contributed by atoms with Crippen molar-refractivity contribution in [3.8, 4) is 5.75 Å². The zero-order valence-corrected chi connectivity index (χ0v) is 17.8. The van der Waals surface area contributed by atoms with Gasteiger partial charge in [0, 0.05) is 13.1 Å². The van der Waals surface area contributed by atoms with E-state index < -0.39 is 44.5 Å². The highest BCUT2D eigenvalue weighted by atomic mass is 32.2. The number of esters is 2. The van der Waals surface area contributed by atoms with Crippen molar-refractivity contribution < 1.29 is 40.7 Å². The van der Waals surface area contributed by atoms with E-state index in [-0.39, 0.29) is 37.2 Å². The second-order valence-electron chi connectivity index (χ2n) is 7.11. The molecule has 0 unspecified atom stereocenters. The number of methoxy groups -OCH3 is 1. The van der Waals surface area contributed by atoms with Crippen LogP contribution in [0.15, 0.2) is 53.4 Å². The molecule has 2 aromatic carbocycles. The predicted octanol–water partition coefficient (Wildman–Crippen LogP) is 3.50. The maximum absolute atomic E-state index is 13.2. The minimum atomic E-state index is -4.81. The average molecular weight is 471 g/mol. The summed E-state index contributed by atoms with van der Waals surface area (Å²) in [6, 6.07) is 9.73. The topological polar surface area (TPSA) is 90.0 Å². The maximum Gasteiger partial charge on any atom is 0.417 e. The van der Waals surface area contributed by atoms with Gasteiger partial charge >= 0.3 is 18.1 Å². The summed E-state index contributed by atoms with van der Waals surface area (Å²) in [4.78, 5) is 23.1. The number of piperidine rings is 1. The van der Waals surface area contributed by atoms with E-state index in [1.165, 1.54) is 37.4 Å². The number of rotatable bonds is 5. The Labute approximate surface area is 182 Å². The van der Waals surface area contributed by atoms with Crippen molar-refractivity contribution in [2.45, 2.75) is 23.9 Å². The van der Waals surface area contributed by atoms with Crippen LogP contribution in [-0.4, -0.2) is 44.9 Å². The molecule has 172 valence electrons. The molecule has 32 heavy (non-hydrogen) atoms. The molecule has 0 saturated carbocycles. The molecule has 0 radical (unpaired) electrons. The first kappa shape index (κ1) is 23.7. The van der Waals surface area contributed by atoms with Gasteiger partial charge in [0.2, 0.25) is 10.0 Å². The summed E-state index contributed by atoms with van der Waals surface area (Å²) in [6.07, 6.45) is -4.60. The van der Waals surface area contributed by atoms with Crippen LogP contribution in [0.1, 0.15) is 28.8 Å². The summed E-state index contributed by atoms with van der Waals surface area (Å²) >= 11 is 0. The molecule has 11 heteroatoms. The lowest BCUT2D eigenvalue weighted by Gasteiger charge is -2.30. The van der Waals surface area contributed by atoms with Gasteiger partial charge in [-0.05, 0) is 49.2 Å². The number of alkyl halides is 3. The lowest BCUT2D eigenvalue weighted by atomic mass is 9.98. The summed E-state index contributed by atoms with van der Waals surface area (Å²) in [5.74, 6) is -1.52. The van der Waals surface area contributed by atoms with Gasteiger partial charge < -0.3 is 9.47 Å². The second kappa shape index (κ2) is 9.29. The maximum atomic E-state index is 13.2. The third kappa shape index (κ3) is 5.10. The number of nitrogens with zero attached hydrogens (tertiary/aromatic N) is 1. The van der Waals surface area contributed by atoms with Crippen LogP contribution in [0.25, 0.3) is 0 Å². The van der Waals surface area contributed by atoms with Crippen LogP contribution in [0.5, 0.6) is 5.75 Å². The largest absolute Gasteiger partial charge is 0.465 e. The molecular formula is C21H20F3NO6S. The summed E-state index contributed by atoms with van der Waals surface area (Å²) in [7, 11) is -3.14. The Kier molecular flexibility index (Phi) is 6.89. The average Bonchev–Trinajstić information content (AvgIpc) is 2.78. The Morgan fingerprint density at radius 2 is 1.59 bits per heavy atom. The number of halogens is 3. The van der Waals surface area contributed by atoms with Gasteiger partial charge in [0.25, 0.3) is 0 Å². The van der Waals surface area contributed by atoms with Crippen LogP contribution < -0.4 is 4.74 Å². The first-order chi connectivity index (χ1) is 15.0. The van der Waals surface area contributed by atoms with E-state index in [1.807, 2.05) is 0 Å². The molecule has 0 aliphatic carbocycles. The first-order valence-electron chi connectivity index (χ1n) is 9.60. The highest BCUT2D eigenvalue weighted by Gasteiger charge is 2.40. The Bertz CT molecular complexity index is 1090. The fourth-order valence-electron chi connectivity index (χ4n) is 3.37.